The summed E-state index contributed by atoms with van der Waals surface area (Å²) in [4.78, 5) is 11.0. The maximum atomic E-state index is 11.0. The number of benzene rings is 1. The third-order valence-corrected chi connectivity index (χ3v) is 2.19. The molecule has 1 rings (SSSR count). The van der Waals surface area contributed by atoms with Crippen molar-refractivity contribution in [3.05, 3.63) is 34.9 Å². The minimum atomic E-state index is -0.925. The lowest BCUT2D eigenvalue weighted by Gasteiger charge is -2.11. The Labute approximate surface area is 93.2 Å². The number of carbonyl (C=O) groups is 1. The molecule has 0 heterocycles. The van der Waals surface area contributed by atoms with E-state index in [-0.39, 0.29) is 6.42 Å². The molecule has 0 amide bonds. The minimum Gasteiger partial charge on any atom is -0.442 e. The van der Waals surface area contributed by atoms with Crippen molar-refractivity contribution >= 4 is 17.6 Å². The molecular weight excluding hydrogens is 214 g/mol. The standard InChI is InChI=1S/C11H10ClNO2/c1-2-11(14)15-10(7-13)8-5-3-4-6-9(8)12/h3-6,10H,2H2,1H3. The van der Waals surface area contributed by atoms with Gasteiger partial charge in [-0.3, -0.25) is 4.79 Å². The van der Waals surface area contributed by atoms with Gasteiger partial charge in [-0.2, -0.15) is 5.26 Å². The van der Waals surface area contributed by atoms with E-state index in [1.807, 2.05) is 6.07 Å². The van der Waals surface area contributed by atoms with Crippen molar-refractivity contribution in [2.45, 2.75) is 19.4 Å². The third kappa shape index (κ3) is 2.97. The quantitative estimate of drug-likeness (QED) is 0.741. The predicted molar refractivity (Wildman–Crippen MR) is 56.2 cm³/mol. The van der Waals surface area contributed by atoms with Crippen LogP contribution in [0.4, 0.5) is 0 Å². The molecule has 4 heteroatoms. The van der Waals surface area contributed by atoms with E-state index in [0.29, 0.717) is 10.6 Å². The minimum absolute atomic E-state index is 0.239. The summed E-state index contributed by atoms with van der Waals surface area (Å²) in [6, 6.07) is 8.71. The van der Waals surface area contributed by atoms with Crippen LogP contribution >= 0.6 is 11.6 Å². The van der Waals surface area contributed by atoms with Gasteiger partial charge < -0.3 is 4.74 Å². The van der Waals surface area contributed by atoms with Crippen LogP contribution in [0.1, 0.15) is 25.0 Å². The zero-order valence-electron chi connectivity index (χ0n) is 8.24. The highest BCUT2D eigenvalue weighted by Gasteiger charge is 2.17. The Morgan fingerprint density at radius 1 is 1.60 bits per heavy atom. The molecule has 0 fully saturated rings. The van der Waals surface area contributed by atoms with E-state index in [9.17, 15) is 4.79 Å². The van der Waals surface area contributed by atoms with Crippen molar-refractivity contribution in [1.29, 1.82) is 5.26 Å². The van der Waals surface area contributed by atoms with E-state index in [1.54, 1.807) is 31.2 Å². The van der Waals surface area contributed by atoms with Crippen molar-refractivity contribution in [2.24, 2.45) is 0 Å². The van der Waals surface area contributed by atoms with E-state index >= 15 is 0 Å². The van der Waals surface area contributed by atoms with Gasteiger partial charge >= 0.3 is 5.97 Å². The molecule has 78 valence electrons. The second-order valence-electron chi connectivity index (χ2n) is 2.87. The number of halogens is 1. The van der Waals surface area contributed by atoms with Gasteiger partial charge in [0.05, 0.1) is 0 Å². The number of esters is 1. The summed E-state index contributed by atoms with van der Waals surface area (Å²) in [5, 5.41) is 9.29. The van der Waals surface area contributed by atoms with Gasteiger partial charge in [0.25, 0.3) is 0 Å². The molecule has 3 nitrogen and oxygen atoms in total. The van der Waals surface area contributed by atoms with Crippen molar-refractivity contribution in [3.63, 3.8) is 0 Å². The van der Waals surface area contributed by atoms with Crippen LogP contribution in [0, 0.1) is 11.3 Å². The Hall–Kier alpha value is -1.53. The number of hydrogen-bond acceptors (Lipinski definition) is 3. The van der Waals surface area contributed by atoms with E-state index in [4.69, 9.17) is 21.6 Å². The summed E-state index contributed by atoms with van der Waals surface area (Å²) in [7, 11) is 0. The summed E-state index contributed by atoms with van der Waals surface area (Å²) in [6.07, 6.45) is -0.686. The second-order valence-corrected chi connectivity index (χ2v) is 3.28. The second kappa shape index (κ2) is 5.38. The largest absolute Gasteiger partial charge is 0.442 e. The molecule has 1 aromatic carbocycles. The van der Waals surface area contributed by atoms with Gasteiger partial charge in [0, 0.05) is 17.0 Å². The van der Waals surface area contributed by atoms with Crippen molar-refractivity contribution in [2.75, 3.05) is 0 Å². The summed E-state index contributed by atoms with van der Waals surface area (Å²) in [5.41, 5.74) is 0.517. The van der Waals surface area contributed by atoms with Gasteiger partial charge in [-0.25, -0.2) is 0 Å². The molecule has 1 unspecified atom stereocenters. The van der Waals surface area contributed by atoms with Crippen molar-refractivity contribution in [1.82, 2.24) is 0 Å². The molecule has 0 saturated carbocycles. The van der Waals surface area contributed by atoms with Gasteiger partial charge in [-0.1, -0.05) is 36.7 Å². The first kappa shape index (κ1) is 11.5. The van der Waals surface area contributed by atoms with Crippen LogP contribution in [-0.4, -0.2) is 5.97 Å². The van der Waals surface area contributed by atoms with Crippen LogP contribution in [0.15, 0.2) is 24.3 Å². The molecule has 1 atom stereocenters. The van der Waals surface area contributed by atoms with Crippen molar-refractivity contribution in [3.8, 4) is 6.07 Å². The number of ether oxygens (including phenoxy) is 1. The Kier molecular flexibility index (Phi) is 4.14. The lowest BCUT2D eigenvalue weighted by atomic mass is 10.1. The lowest BCUT2D eigenvalue weighted by molar-refractivity contribution is -0.146. The number of carbonyl (C=O) groups excluding carboxylic acids is 1. The maximum Gasteiger partial charge on any atom is 0.307 e. The summed E-state index contributed by atoms with van der Waals surface area (Å²) in [6.45, 7) is 1.67. The molecule has 0 bridgehead atoms. The highest BCUT2D eigenvalue weighted by Crippen LogP contribution is 2.25. The molecule has 0 spiro atoms. The smallest absolute Gasteiger partial charge is 0.307 e. The van der Waals surface area contributed by atoms with Crippen LogP contribution in [0.2, 0.25) is 5.02 Å². The van der Waals surface area contributed by atoms with Gasteiger partial charge in [0.1, 0.15) is 6.07 Å². The molecule has 0 aliphatic carbocycles. The zero-order valence-corrected chi connectivity index (χ0v) is 8.99. The van der Waals surface area contributed by atoms with Crippen LogP contribution in [0.3, 0.4) is 0 Å². The van der Waals surface area contributed by atoms with Gasteiger partial charge in [0.15, 0.2) is 0 Å². The molecule has 0 radical (unpaired) electrons. The fraction of sp³-hybridized carbons (Fsp3) is 0.273. The third-order valence-electron chi connectivity index (χ3n) is 1.84. The van der Waals surface area contributed by atoms with Crippen LogP contribution in [-0.2, 0) is 9.53 Å². The Morgan fingerprint density at radius 2 is 2.27 bits per heavy atom. The van der Waals surface area contributed by atoms with Gasteiger partial charge in [-0.15, -0.1) is 0 Å². The first-order valence-electron chi connectivity index (χ1n) is 4.52. The van der Waals surface area contributed by atoms with Crippen molar-refractivity contribution < 1.29 is 9.53 Å². The molecule has 0 N–H and O–H groups in total. The summed E-state index contributed by atoms with van der Waals surface area (Å²) in [5.74, 6) is -0.415. The molecule has 0 aliphatic rings. The average molecular weight is 224 g/mol. The molecule has 0 aromatic heterocycles. The predicted octanol–water partition coefficient (Wildman–Crippen LogP) is 2.86. The van der Waals surface area contributed by atoms with E-state index < -0.39 is 12.1 Å². The first-order valence-corrected chi connectivity index (χ1v) is 4.90. The SMILES string of the molecule is CCC(=O)OC(C#N)c1ccccc1Cl. The highest BCUT2D eigenvalue weighted by molar-refractivity contribution is 6.31. The van der Waals surface area contributed by atoms with E-state index in [1.165, 1.54) is 0 Å². The number of rotatable bonds is 3. The fourth-order valence-electron chi connectivity index (χ4n) is 1.06. The maximum absolute atomic E-state index is 11.0. The normalized spacial score (nSPS) is 11.5. The van der Waals surface area contributed by atoms with Crippen LogP contribution < -0.4 is 0 Å². The Bertz CT molecular complexity index is 398. The van der Waals surface area contributed by atoms with Gasteiger partial charge in [-0.05, 0) is 6.07 Å². The first-order chi connectivity index (χ1) is 7.19. The van der Waals surface area contributed by atoms with E-state index in [0.717, 1.165) is 0 Å². The number of nitrogens with zero attached hydrogens (tertiary/aromatic N) is 1. The van der Waals surface area contributed by atoms with Crippen LogP contribution in [0.5, 0.6) is 0 Å². The Balaban J connectivity index is 2.89. The lowest BCUT2D eigenvalue weighted by Crippen LogP contribution is -2.09. The number of hydrogen-bond donors (Lipinski definition) is 0. The monoisotopic (exact) mass is 223 g/mol. The molecule has 0 saturated heterocycles. The topological polar surface area (TPSA) is 50.1 Å². The van der Waals surface area contributed by atoms with Gasteiger partial charge in [0.2, 0.25) is 6.10 Å². The highest BCUT2D eigenvalue weighted by atomic mass is 35.5. The number of nitriles is 1. The molecular formula is C11H10ClNO2. The molecule has 0 aliphatic heterocycles. The fourth-order valence-corrected chi connectivity index (χ4v) is 1.30. The molecule has 15 heavy (non-hydrogen) atoms. The van der Waals surface area contributed by atoms with Crippen LogP contribution in [0.25, 0.3) is 0 Å². The summed E-state index contributed by atoms with van der Waals surface area (Å²) < 4.78 is 4.93. The zero-order chi connectivity index (χ0) is 11.3. The molecule has 1 aromatic rings. The van der Waals surface area contributed by atoms with E-state index in [2.05, 4.69) is 0 Å². The summed E-state index contributed by atoms with van der Waals surface area (Å²) >= 11 is 5.88. The average Bonchev–Trinajstić information content (AvgIpc) is 2.26. The Morgan fingerprint density at radius 3 is 2.80 bits per heavy atom.